The molecule has 0 fully saturated rings. The lowest BCUT2D eigenvalue weighted by molar-refractivity contribution is -0.132. The Morgan fingerprint density at radius 1 is 0.364 bits per heavy atom. The molecule has 0 aromatic carbocycles. The van der Waals surface area contributed by atoms with Crippen molar-refractivity contribution < 1.29 is 25.2 Å². The number of aliphatic hydroxyl groups excluding tert-OH is 4. The SMILES string of the molecule is CCCCCCCCCCCCCCCCCCCCCCCCC/C=C/CC/C=C/CCCC(O)C(O)C(CO)NC(=O)C(O)CCCCCCCCCCCCCCCCCCCC. The predicted octanol–water partition coefficient (Wildman–Crippen LogP) is 17.4. The minimum Gasteiger partial charge on any atom is -0.394 e. The highest BCUT2D eigenvalue weighted by atomic mass is 16.3. The van der Waals surface area contributed by atoms with Crippen molar-refractivity contribution in [2.24, 2.45) is 0 Å². The number of aliphatic hydroxyl groups is 4. The smallest absolute Gasteiger partial charge is 0.249 e. The Labute approximate surface area is 412 Å². The van der Waals surface area contributed by atoms with Crippen LogP contribution in [-0.2, 0) is 4.79 Å². The fraction of sp³-hybridized carbons (Fsp3) is 0.917. The molecular weight excluding hydrogens is 815 g/mol. The van der Waals surface area contributed by atoms with Crippen LogP contribution in [0.2, 0.25) is 0 Å². The first-order chi connectivity index (χ1) is 32.5. The van der Waals surface area contributed by atoms with E-state index in [9.17, 15) is 25.2 Å². The van der Waals surface area contributed by atoms with E-state index in [-0.39, 0.29) is 0 Å². The van der Waals surface area contributed by atoms with Crippen LogP contribution in [0.4, 0.5) is 0 Å². The molecule has 0 aliphatic heterocycles. The maximum absolute atomic E-state index is 12.6. The van der Waals surface area contributed by atoms with E-state index < -0.39 is 36.9 Å². The number of hydrogen-bond donors (Lipinski definition) is 5. The molecule has 0 bridgehead atoms. The van der Waals surface area contributed by atoms with Gasteiger partial charge in [0.25, 0.3) is 0 Å². The summed E-state index contributed by atoms with van der Waals surface area (Å²) >= 11 is 0. The molecule has 0 radical (unpaired) electrons. The summed E-state index contributed by atoms with van der Waals surface area (Å²) in [6.45, 7) is 4.08. The van der Waals surface area contributed by atoms with Crippen LogP contribution in [0.15, 0.2) is 24.3 Å². The molecule has 1 amide bonds. The van der Waals surface area contributed by atoms with Gasteiger partial charge in [0.05, 0.1) is 18.8 Å². The van der Waals surface area contributed by atoms with Gasteiger partial charge in [-0.25, -0.2) is 0 Å². The molecule has 0 heterocycles. The number of rotatable bonds is 55. The maximum atomic E-state index is 12.6. The number of unbranched alkanes of at least 4 members (excludes halogenated alkanes) is 42. The minimum absolute atomic E-state index is 0.364. The quantitative estimate of drug-likeness (QED) is 0.0308. The van der Waals surface area contributed by atoms with Crippen LogP contribution < -0.4 is 5.32 Å². The summed E-state index contributed by atoms with van der Waals surface area (Å²) < 4.78 is 0. The van der Waals surface area contributed by atoms with E-state index in [1.165, 1.54) is 250 Å². The maximum Gasteiger partial charge on any atom is 0.249 e. The molecule has 66 heavy (non-hydrogen) atoms. The second-order valence-electron chi connectivity index (χ2n) is 20.7. The zero-order chi connectivity index (χ0) is 48.1. The molecule has 0 rings (SSSR count). The monoisotopic (exact) mass is 932 g/mol. The first-order valence-electron chi connectivity index (χ1n) is 29.7. The van der Waals surface area contributed by atoms with Gasteiger partial charge in [-0.1, -0.05) is 295 Å². The minimum atomic E-state index is -1.29. The van der Waals surface area contributed by atoms with Gasteiger partial charge in [-0.3, -0.25) is 4.79 Å². The Morgan fingerprint density at radius 2 is 0.636 bits per heavy atom. The zero-order valence-corrected chi connectivity index (χ0v) is 44.5. The molecule has 392 valence electrons. The number of carbonyl (C=O) groups excluding carboxylic acids is 1. The fourth-order valence-electron chi connectivity index (χ4n) is 9.48. The number of hydrogen-bond acceptors (Lipinski definition) is 5. The van der Waals surface area contributed by atoms with Gasteiger partial charge in [0.15, 0.2) is 0 Å². The van der Waals surface area contributed by atoms with E-state index in [2.05, 4.69) is 43.5 Å². The van der Waals surface area contributed by atoms with Crippen molar-refractivity contribution in [3.05, 3.63) is 24.3 Å². The van der Waals surface area contributed by atoms with Crippen LogP contribution in [0.5, 0.6) is 0 Å². The Hall–Kier alpha value is -1.21. The second kappa shape index (κ2) is 54.7. The average Bonchev–Trinajstić information content (AvgIpc) is 3.32. The van der Waals surface area contributed by atoms with E-state index in [1.54, 1.807) is 0 Å². The molecule has 0 saturated carbocycles. The predicted molar refractivity (Wildman–Crippen MR) is 288 cm³/mol. The van der Waals surface area contributed by atoms with Crippen molar-refractivity contribution >= 4 is 5.91 Å². The first-order valence-corrected chi connectivity index (χ1v) is 29.7. The summed E-state index contributed by atoms with van der Waals surface area (Å²) in [5.74, 6) is -0.592. The standard InChI is InChI=1S/C60H117NO5/c1-3-5-7-9-11-13-15-17-19-21-23-24-25-26-27-28-29-30-31-32-33-34-35-36-38-39-41-43-45-47-49-51-53-57(63)59(65)56(55-62)61-60(66)58(64)54-52-50-48-46-44-42-40-37-22-20-18-16-14-12-10-8-6-4-2/h38-39,45,47,56-59,62-65H,3-37,40-44,46,48-55H2,1-2H3,(H,61,66)/b39-38+,47-45+. The Kier molecular flexibility index (Phi) is 53.7. The Morgan fingerprint density at radius 3 is 0.955 bits per heavy atom. The molecule has 6 nitrogen and oxygen atoms in total. The number of amides is 1. The Bertz CT molecular complexity index is 1000. The van der Waals surface area contributed by atoms with Crippen molar-refractivity contribution in [3.63, 3.8) is 0 Å². The lowest BCUT2D eigenvalue weighted by Gasteiger charge is -2.27. The van der Waals surface area contributed by atoms with E-state index in [4.69, 9.17) is 0 Å². The highest BCUT2D eigenvalue weighted by Crippen LogP contribution is 2.18. The van der Waals surface area contributed by atoms with Gasteiger partial charge < -0.3 is 25.7 Å². The van der Waals surface area contributed by atoms with Crippen LogP contribution in [0, 0.1) is 0 Å². The number of carbonyl (C=O) groups is 1. The van der Waals surface area contributed by atoms with Crippen molar-refractivity contribution in [3.8, 4) is 0 Å². The van der Waals surface area contributed by atoms with Crippen LogP contribution in [0.3, 0.4) is 0 Å². The molecule has 0 aromatic heterocycles. The summed E-state index contributed by atoms with van der Waals surface area (Å²) in [7, 11) is 0. The van der Waals surface area contributed by atoms with Gasteiger partial charge >= 0.3 is 0 Å². The molecule has 4 atom stereocenters. The van der Waals surface area contributed by atoms with E-state index in [0.717, 1.165) is 38.5 Å². The van der Waals surface area contributed by atoms with E-state index >= 15 is 0 Å². The molecule has 0 aliphatic carbocycles. The first kappa shape index (κ1) is 64.8. The molecule has 5 N–H and O–H groups in total. The third-order valence-corrected chi connectivity index (χ3v) is 14.1. The van der Waals surface area contributed by atoms with Gasteiger partial charge in [-0.05, 0) is 51.4 Å². The van der Waals surface area contributed by atoms with Crippen molar-refractivity contribution in [1.29, 1.82) is 0 Å². The van der Waals surface area contributed by atoms with Gasteiger partial charge in [-0.15, -0.1) is 0 Å². The summed E-state index contributed by atoms with van der Waals surface area (Å²) in [4.78, 5) is 12.6. The Balaban J connectivity index is 3.62. The average molecular weight is 933 g/mol. The van der Waals surface area contributed by atoms with Crippen LogP contribution >= 0.6 is 0 Å². The topological polar surface area (TPSA) is 110 Å². The summed E-state index contributed by atoms with van der Waals surface area (Å²) in [5, 5.41) is 44.0. The number of allylic oxidation sites excluding steroid dienone is 4. The highest BCUT2D eigenvalue weighted by molar-refractivity contribution is 5.80. The zero-order valence-electron chi connectivity index (χ0n) is 44.5. The second-order valence-corrected chi connectivity index (χ2v) is 20.7. The van der Waals surface area contributed by atoms with Gasteiger partial charge in [-0.2, -0.15) is 0 Å². The fourth-order valence-corrected chi connectivity index (χ4v) is 9.48. The van der Waals surface area contributed by atoms with E-state index in [0.29, 0.717) is 19.3 Å². The van der Waals surface area contributed by atoms with Crippen LogP contribution in [0.1, 0.15) is 322 Å². The van der Waals surface area contributed by atoms with Crippen molar-refractivity contribution in [2.75, 3.05) is 6.61 Å². The van der Waals surface area contributed by atoms with Gasteiger partial charge in [0, 0.05) is 0 Å². The number of nitrogens with one attached hydrogen (secondary N) is 1. The largest absolute Gasteiger partial charge is 0.394 e. The molecule has 6 heteroatoms. The van der Waals surface area contributed by atoms with Gasteiger partial charge in [0.2, 0.25) is 5.91 Å². The molecule has 0 spiro atoms. The van der Waals surface area contributed by atoms with Gasteiger partial charge in [0.1, 0.15) is 12.2 Å². The van der Waals surface area contributed by atoms with Crippen molar-refractivity contribution in [1.82, 2.24) is 5.32 Å². The molecule has 0 saturated heterocycles. The molecular formula is C60H117NO5. The molecule has 0 aromatic rings. The molecule has 0 aliphatic rings. The third kappa shape index (κ3) is 47.8. The highest BCUT2D eigenvalue weighted by Gasteiger charge is 2.28. The van der Waals surface area contributed by atoms with Crippen molar-refractivity contribution in [2.45, 2.75) is 346 Å². The normalized spacial score (nSPS) is 13.8. The lowest BCUT2D eigenvalue weighted by Crippen LogP contribution is -2.53. The van der Waals surface area contributed by atoms with Crippen LogP contribution in [-0.4, -0.2) is 57.3 Å². The molecule has 4 unspecified atom stereocenters. The summed E-state index contributed by atoms with van der Waals surface area (Å²) in [6, 6.07) is -1.01. The summed E-state index contributed by atoms with van der Waals surface area (Å²) in [6.07, 6.45) is 67.0. The lowest BCUT2D eigenvalue weighted by atomic mass is 10.00. The van der Waals surface area contributed by atoms with E-state index in [1.807, 2.05) is 0 Å². The van der Waals surface area contributed by atoms with Crippen LogP contribution in [0.25, 0.3) is 0 Å². The summed E-state index contributed by atoms with van der Waals surface area (Å²) in [5.41, 5.74) is 0. The third-order valence-electron chi connectivity index (χ3n) is 14.1.